The van der Waals surface area contributed by atoms with E-state index >= 15 is 0 Å². The molecule has 16 heavy (non-hydrogen) atoms. The highest BCUT2D eigenvalue weighted by molar-refractivity contribution is 5.91. The van der Waals surface area contributed by atoms with Gasteiger partial charge in [-0.3, -0.25) is 0 Å². The lowest BCUT2D eigenvalue weighted by Gasteiger charge is -2.27. The smallest absolute Gasteiger partial charge is 0.342 e. The molecular weight excluding hydrogens is 211 g/mol. The van der Waals surface area contributed by atoms with Crippen molar-refractivity contribution in [3.05, 3.63) is 29.1 Å². The molecule has 0 bridgehead atoms. The lowest BCUT2D eigenvalue weighted by atomic mass is 9.96. The molecule has 1 aromatic rings. The molecule has 0 heterocycles. The second-order valence-corrected chi connectivity index (χ2v) is 4.10. The molecule has 1 saturated carbocycles. The summed E-state index contributed by atoms with van der Waals surface area (Å²) in [6, 6.07) is 2.78. The van der Waals surface area contributed by atoms with Gasteiger partial charge >= 0.3 is 5.97 Å². The summed E-state index contributed by atoms with van der Waals surface area (Å²) in [6.07, 6.45) is 2.95. The topological polar surface area (TPSA) is 46.5 Å². The Kier molecular flexibility index (Phi) is 2.81. The van der Waals surface area contributed by atoms with Crippen molar-refractivity contribution in [3.8, 4) is 5.75 Å². The number of aromatic carboxylic acids is 1. The van der Waals surface area contributed by atoms with Crippen molar-refractivity contribution in [1.29, 1.82) is 0 Å². The molecule has 0 radical (unpaired) electrons. The van der Waals surface area contributed by atoms with Crippen LogP contribution < -0.4 is 4.74 Å². The number of halogens is 1. The molecule has 1 fully saturated rings. The van der Waals surface area contributed by atoms with Gasteiger partial charge in [-0.05, 0) is 43.9 Å². The minimum absolute atomic E-state index is 0.0410. The van der Waals surface area contributed by atoms with E-state index in [0.717, 1.165) is 19.3 Å². The molecule has 4 heteroatoms. The van der Waals surface area contributed by atoms with Crippen LogP contribution in [0.1, 0.15) is 35.2 Å². The van der Waals surface area contributed by atoms with Crippen molar-refractivity contribution in [2.24, 2.45) is 0 Å². The van der Waals surface area contributed by atoms with Crippen molar-refractivity contribution < 1.29 is 19.0 Å². The molecule has 0 atom stereocenters. The summed E-state index contributed by atoms with van der Waals surface area (Å²) in [6.45, 7) is 1.71. The predicted octanol–water partition coefficient (Wildman–Crippen LogP) is 2.76. The average Bonchev–Trinajstić information content (AvgIpc) is 2.09. The monoisotopic (exact) mass is 224 g/mol. The molecular formula is C12H13FO3. The van der Waals surface area contributed by atoms with Gasteiger partial charge in [0.15, 0.2) is 0 Å². The van der Waals surface area contributed by atoms with Crippen LogP contribution in [0.25, 0.3) is 0 Å². The first kappa shape index (κ1) is 10.9. The van der Waals surface area contributed by atoms with Crippen molar-refractivity contribution in [1.82, 2.24) is 0 Å². The molecule has 3 nitrogen and oxygen atoms in total. The second kappa shape index (κ2) is 4.12. The van der Waals surface area contributed by atoms with E-state index in [1.807, 2.05) is 0 Å². The van der Waals surface area contributed by atoms with Gasteiger partial charge < -0.3 is 9.84 Å². The Labute approximate surface area is 92.9 Å². The highest BCUT2D eigenvalue weighted by Gasteiger charge is 2.24. The van der Waals surface area contributed by atoms with Gasteiger partial charge in [-0.1, -0.05) is 0 Å². The Balaban J connectivity index is 2.35. The van der Waals surface area contributed by atoms with Crippen molar-refractivity contribution >= 4 is 5.97 Å². The lowest BCUT2D eigenvalue weighted by Crippen LogP contribution is -2.25. The van der Waals surface area contributed by atoms with Gasteiger partial charge in [0.2, 0.25) is 0 Å². The fourth-order valence-electron chi connectivity index (χ4n) is 1.68. The van der Waals surface area contributed by atoms with Crippen LogP contribution in [0.5, 0.6) is 5.75 Å². The molecule has 0 saturated heterocycles. The Bertz CT molecular complexity index is 425. The number of aryl methyl sites for hydroxylation is 1. The van der Waals surface area contributed by atoms with Crippen molar-refractivity contribution in [2.45, 2.75) is 32.3 Å². The Hall–Kier alpha value is -1.58. The Morgan fingerprint density at radius 3 is 2.69 bits per heavy atom. The first-order valence-electron chi connectivity index (χ1n) is 5.28. The molecule has 0 aliphatic heterocycles. The molecule has 86 valence electrons. The number of benzene rings is 1. The Morgan fingerprint density at radius 2 is 2.19 bits per heavy atom. The van der Waals surface area contributed by atoms with Gasteiger partial charge in [0.05, 0.1) is 6.10 Å². The van der Waals surface area contributed by atoms with Gasteiger partial charge in [-0.25, -0.2) is 9.18 Å². The van der Waals surface area contributed by atoms with Gasteiger partial charge in [0.25, 0.3) is 0 Å². The molecule has 2 rings (SSSR count). The number of carboxylic acid groups (broad SMARTS) is 1. The van der Waals surface area contributed by atoms with Gasteiger partial charge in [0.1, 0.15) is 17.1 Å². The summed E-state index contributed by atoms with van der Waals surface area (Å²) >= 11 is 0. The average molecular weight is 224 g/mol. The predicted molar refractivity (Wildman–Crippen MR) is 56.4 cm³/mol. The van der Waals surface area contributed by atoms with Gasteiger partial charge in [-0.2, -0.15) is 0 Å². The van der Waals surface area contributed by atoms with E-state index in [0.29, 0.717) is 5.56 Å². The fourth-order valence-corrected chi connectivity index (χ4v) is 1.68. The second-order valence-electron chi connectivity index (χ2n) is 4.10. The van der Waals surface area contributed by atoms with Crippen LogP contribution >= 0.6 is 0 Å². The van der Waals surface area contributed by atoms with E-state index in [1.165, 1.54) is 6.07 Å². The Morgan fingerprint density at radius 1 is 1.50 bits per heavy atom. The van der Waals surface area contributed by atoms with Gasteiger partial charge in [0, 0.05) is 0 Å². The quantitative estimate of drug-likeness (QED) is 0.858. The largest absolute Gasteiger partial charge is 0.489 e. The first-order valence-corrected chi connectivity index (χ1v) is 5.28. The molecule has 1 aliphatic carbocycles. The van der Waals surface area contributed by atoms with E-state index in [-0.39, 0.29) is 17.4 Å². The number of carboxylic acids is 1. The van der Waals surface area contributed by atoms with Crippen molar-refractivity contribution in [3.63, 3.8) is 0 Å². The summed E-state index contributed by atoms with van der Waals surface area (Å²) in [5.74, 6) is -1.87. The summed E-state index contributed by atoms with van der Waals surface area (Å²) in [5.41, 5.74) is 0.300. The minimum atomic E-state index is -1.29. The van der Waals surface area contributed by atoms with E-state index < -0.39 is 11.8 Å². The third kappa shape index (κ3) is 2.01. The normalized spacial score (nSPS) is 15.6. The molecule has 1 N–H and O–H groups in total. The molecule has 1 aromatic carbocycles. The lowest BCUT2D eigenvalue weighted by molar-refractivity contribution is 0.0673. The zero-order valence-electron chi connectivity index (χ0n) is 9.00. The van der Waals surface area contributed by atoms with Crippen LogP contribution in [0.2, 0.25) is 0 Å². The van der Waals surface area contributed by atoms with E-state index in [9.17, 15) is 9.18 Å². The standard InChI is InChI=1S/C12H13FO3/c1-7-5-9(13)11(12(14)15)10(6-7)16-8-3-2-4-8/h5-6,8H,2-4H2,1H3,(H,14,15). The summed E-state index contributed by atoms with van der Waals surface area (Å²) < 4.78 is 19.0. The van der Waals surface area contributed by atoms with Crippen molar-refractivity contribution in [2.75, 3.05) is 0 Å². The minimum Gasteiger partial charge on any atom is -0.489 e. The van der Waals surface area contributed by atoms with Crippen LogP contribution in [0.3, 0.4) is 0 Å². The van der Waals surface area contributed by atoms with Crippen LogP contribution in [0.15, 0.2) is 12.1 Å². The molecule has 0 amide bonds. The maximum absolute atomic E-state index is 13.5. The molecule has 0 spiro atoms. The maximum atomic E-state index is 13.5. The number of hydrogen-bond acceptors (Lipinski definition) is 2. The van der Waals surface area contributed by atoms with Crippen LogP contribution in [0.4, 0.5) is 4.39 Å². The molecule has 0 aromatic heterocycles. The molecule has 1 aliphatic rings. The number of hydrogen-bond donors (Lipinski definition) is 1. The first-order chi connectivity index (χ1) is 7.58. The van der Waals surface area contributed by atoms with Gasteiger partial charge in [-0.15, -0.1) is 0 Å². The zero-order chi connectivity index (χ0) is 11.7. The molecule has 0 unspecified atom stereocenters. The number of ether oxygens (including phenoxy) is 1. The number of rotatable bonds is 3. The third-order valence-corrected chi connectivity index (χ3v) is 2.76. The fraction of sp³-hybridized carbons (Fsp3) is 0.417. The van der Waals surface area contributed by atoms with E-state index in [4.69, 9.17) is 9.84 Å². The van der Waals surface area contributed by atoms with E-state index in [2.05, 4.69) is 0 Å². The van der Waals surface area contributed by atoms with Crippen LogP contribution in [0, 0.1) is 12.7 Å². The highest BCUT2D eigenvalue weighted by Crippen LogP contribution is 2.30. The summed E-state index contributed by atoms with van der Waals surface area (Å²) in [4.78, 5) is 10.9. The number of carbonyl (C=O) groups is 1. The van der Waals surface area contributed by atoms with E-state index in [1.54, 1.807) is 13.0 Å². The summed E-state index contributed by atoms with van der Waals surface area (Å²) in [5, 5.41) is 8.92. The highest BCUT2D eigenvalue weighted by atomic mass is 19.1. The third-order valence-electron chi connectivity index (χ3n) is 2.76. The van der Waals surface area contributed by atoms with Crippen LogP contribution in [-0.4, -0.2) is 17.2 Å². The zero-order valence-corrected chi connectivity index (χ0v) is 9.00. The summed E-state index contributed by atoms with van der Waals surface area (Å²) in [7, 11) is 0. The SMILES string of the molecule is Cc1cc(F)c(C(=O)O)c(OC2CCC2)c1. The maximum Gasteiger partial charge on any atom is 0.342 e. The van der Waals surface area contributed by atoms with Crippen LogP contribution in [-0.2, 0) is 0 Å².